The zero-order valence-electron chi connectivity index (χ0n) is 21.6. The van der Waals surface area contributed by atoms with Gasteiger partial charge in [-0.2, -0.15) is 8.42 Å². The number of alkyl carbamates (subject to hydrolysis) is 1. The van der Waals surface area contributed by atoms with E-state index in [1.165, 1.54) is 0 Å². The molecule has 0 aromatic carbocycles. The maximum absolute atomic E-state index is 13.1. The molecule has 0 aromatic rings. The Bertz CT molecular complexity index is 1040. The highest BCUT2D eigenvalue weighted by molar-refractivity contribution is 7.86. The third-order valence-corrected chi connectivity index (χ3v) is 6.34. The number of cyclic esters (lactones) is 1. The van der Waals surface area contributed by atoms with Crippen LogP contribution >= 0.6 is 0 Å². The molecule has 37 heavy (non-hydrogen) atoms. The lowest BCUT2D eigenvalue weighted by Crippen LogP contribution is -2.64. The molecule has 16 heteroatoms. The van der Waals surface area contributed by atoms with E-state index in [2.05, 4.69) is 10.1 Å². The minimum Gasteiger partial charge on any atom is -0.467 e. The largest absolute Gasteiger partial charge is 0.467 e. The highest BCUT2D eigenvalue weighted by atomic mass is 32.2. The van der Waals surface area contributed by atoms with Crippen molar-refractivity contribution in [3.05, 3.63) is 0 Å². The van der Waals surface area contributed by atoms with E-state index in [0.717, 1.165) is 32.5 Å². The molecule has 0 unspecified atom stereocenters. The fourth-order valence-electron chi connectivity index (χ4n) is 4.46. The Morgan fingerprint density at radius 2 is 1.70 bits per heavy atom. The molecule has 2 aliphatic heterocycles. The second kappa shape index (κ2) is 11.1. The van der Waals surface area contributed by atoms with Gasteiger partial charge in [-0.3, -0.25) is 9.08 Å². The van der Waals surface area contributed by atoms with Crippen LogP contribution in [0.4, 0.5) is 9.59 Å². The van der Waals surface area contributed by atoms with Gasteiger partial charge in [-0.25, -0.2) is 24.0 Å². The lowest BCUT2D eigenvalue weighted by molar-refractivity contribution is -0.158. The van der Waals surface area contributed by atoms with Gasteiger partial charge in [0.1, 0.15) is 5.60 Å². The third-order valence-electron chi connectivity index (χ3n) is 5.76. The topological polar surface area (TPSA) is 190 Å². The predicted molar refractivity (Wildman–Crippen MR) is 121 cm³/mol. The summed E-state index contributed by atoms with van der Waals surface area (Å²) in [6.45, 7) is 4.76. The molecule has 2 saturated heterocycles. The van der Waals surface area contributed by atoms with Crippen LogP contribution in [0, 0.1) is 0 Å². The lowest BCUT2D eigenvalue weighted by atomic mass is 9.85. The quantitative estimate of drug-likeness (QED) is 0.226. The van der Waals surface area contributed by atoms with Gasteiger partial charge >= 0.3 is 30.1 Å². The highest BCUT2D eigenvalue weighted by Gasteiger charge is 2.69. The van der Waals surface area contributed by atoms with E-state index in [0.29, 0.717) is 0 Å². The van der Waals surface area contributed by atoms with Gasteiger partial charge in [-0.1, -0.05) is 0 Å². The van der Waals surface area contributed by atoms with Crippen LogP contribution in [0.25, 0.3) is 0 Å². The number of amides is 2. The zero-order chi connectivity index (χ0) is 28.3. The van der Waals surface area contributed by atoms with Gasteiger partial charge in [0.25, 0.3) is 10.1 Å². The summed E-state index contributed by atoms with van der Waals surface area (Å²) in [7, 11) is -0.993. The minimum atomic E-state index is -4.11. The number of fused-ring (bicyclic) bond motifs is 1. The van der Waals surface area contributed by atoms with E-state index in [9.17, 15) is 32.4 Å². The molecule has 0 spiro atoms. The van der Waals surface area contributed by atoms with Crippen molar-refractivity contribution in [2.24, 2.45) is 0 Å². The Labute approximate surface area is 214 Å². The van der Waals surface area contributed by atoms with Crippen molar-refractivity contribution in [3.63, 3.8) is 0 Å². The molecule has 0 aliphatic carbocycles. The van der Waals surface area contributed by atoms with E-state index in [1.807, 2.05) is 0 Å². The van der Waals surface area contributed by atoms with E-state index < -0.39 is 75.6 Å². The van der Waals surface area contributed by atoms with E-state index >= 15 is 0 Å². The van der Waals surface area contributed by atoms with Crippen LogP contribution in [0.5, 0.6) is 0 Å². The maximum Gasteiger partial charge on any atom is 0.411 e. The minimum absolute atomic E-state index is 0.0572. The van der Waals surface area contributed by atoms with Crippen molar-refractivity contribution in [3.8, 4) is 0 Å². The van der Waals surface area contributed by atoms with E-state index in [-0.39, 0.29) is 19.3 Å². The fourth-order valence-corrected chi connectivity index (χ4v) is 5.04. The maximum atomic E-state index is 13.1. The van der Waals surface area contributed by atoms with Crippen LogP contribution in [0.3, 0.4) is 0 Å². The molecule has 0 saturated carbocycles. The Balaban J connectivity index is 2.49. The molecule has 0 bridgehead atoms. The molecule has 0 aromatic heterocycles. The van der Waals surface area contributed by atoms with Crippen molar-refractivity contribution in [1.82, 2.24) is 10.2 Å². The first kappa shape index (κ1) is 30.1. The number of methoxy groups -OCH3 is 3. The summed E-state index contributed by atoms with van der Waals surface area (Å²) in [6.07, 6.45) is -5.09. The number of hydrogen-bond acceptors (Lipinski definition) is 13. The number of carbonyl (C=O) groups is 5. The molecule has 1 N–H and O–H groups in total. The summed E-state index contributed by atoms with van der Waals surface area (Å²) >= 11 is 0. The van der Waals surface area contributed by atoms with Gasteiger partial charge in [0.15, 0.2) is 23.8 Å². The van der Waals surface area contributed by atoms with Gasteiger partial charge in [-0.05, 0) is 33.6 Å². The summed E-state index contributed by atoms with van der Waals surface area (Å²) in [5, 5.41) is 2.29. The summed E-state index contributed by atoms with van der Waals surface area (Å²) < 4.78 is 53.1. The molecule has 0 radical (unpaired) electrons. The molecular formula is C21H32N2O13S. The van der Waals surface area contributed by atoms with Crippen molar-refractivity contribution >= 4 is 40.2 Å². The molecule has 210 valence electrons. The number of nitrogens with one attached hydrogen (secondary N) is 1. The second-order valence-electron chi connectivity index (χ2n) is 9.48. The van der Waals surface area contributed by atoms with Crippen LogP contribution in [-0.2, 0) is 52.4 Å². The predicted octanol–water partition coefficient (Wildman–Crippen LogP) is -0.144. The van der Waals surface area contributed by atoms with Gasteiger partial charge < -0.3 is 29.0 Å². The molecule has 2 aliphatic rings. The van der Waals surface area contributed by atoms with E-state index in [1.54, 1.807) is 20.8 Å². The van der Waals surface area contributed by atoms with Gasteiger partial charge in [0.2, 0.25) is 0 Å². The first-order valence-corrected chi connectivity index (χ1v) is 12.9. The smallest absolute Gasteiger partial charge is 0.411 e. The van der Waals surface area contributed by atoms with Crippen LogP contribution in [0.15, 0.2) is 0 Å². The zero-order valence-corrected chi connectivity index (χ0v) is 22.4. The Kier molecular flexibility index (Phi) is 9.01. The Hall–Kier alpha value is -3.14. The summed E-state index contributed by atoms with van der Waals surface area (Å²) in [5.74, 6) is -3.03. The monoisotopic (exact) mass is 552 g/mol. The standard InChI is InChI=1S/C21H32N2O13S/c1-20(2,3)35-18(27)22-13(16(25)32-5)14-21(17(26)33-6)9-8-11(23(21)19(28)34-14)10-12(15(24)31-4)36-37(7,29)30/h11-14H,8-10H2,1-7H3,(H,22,27)/t11-,12-,13-,14+,21-/m1/s1. The number of carbonyl (C=O) groups excluding carboxylic acids is 5. The number of nitrogens with zero attached hydrogens (tertiary/aromatic N) is 1. The number of rotatable bonds is 9. The number of ether oxygens (including phenoxy) is 5. The lowest BCUT2D eigenvalue weighted by Gasteiger charge is -2.35. The van der Waals surface area contributed by atoms with Crippen molar-refractivity contribution in [1.29, 1.82) is 0 Å². The second-order valence-corrected chi connectivity index (χ2v) is 11.1. The summed E-state index contributed by atoms with van der Waals surface area (Å²) in [6, 6.07) is -2.66. The number of esters is 3. The average Bonchev–Trinajstić information content (AvgIpc) is 3.30. The highest BCUT2D eigenvalue weighted by Crippen LogP contribution is 2.47. The molecule has 2 amide bonds. The molecule has 2 fully saturated rings. The van der Waals surface area contributed by atoms with Gasteiger partial charge in [0, 0.05) is 12.5 Å². The summed E-state index contributed by atoms with van der Waals surface area (Å²) in [5.41, 5.74) is -2.87. The van der Waals surface area contributed by atoms with E-state index in [4.69, 9.17) is 23.1 Å². The average molecular weight is 553 g/mol. The first-order valence-electron chi connectivity index (χ1n) is 11.1. The van der Waals surface area contributed by atoms with Crippen molar-refractivity contribution in [2.75, 3.05) is 27.6 Å². The SMILES string of the molecule is COC(=O)[C@@H](C[C@H]1CC[C@]2(C(=O)OC)[C@H]([C@@H](NC(=O)OC(C)(C)C)C(=O)OC)OC(=O)N12)OS(C)(=O)=O. The summed E-state index contributed by atoms with van der Waals surface area (Å²) in [4.78, 5) is 64.5. The van der Waals surface area contributed by atoms with Crippen LogP contribution < -0.4 is 5.32 Å². The van der Waals surface area contributed by atoms with Crippen molar-refractivity contribution < 1.29 is 60.3 Å². The van der Waals surface area contributed by atoms with Crippen LogP contribution in [-0.4, -0.2) is 106 Å². The van der Waals surface area contributed by atoms with Crippen molar-refractivity contribution in [2.45, 2.75) is 75.5 Å². The Morgan fingerprint density at radius 1 is 1.11 bits per heavy atom. The first-order chi connectivity index (χ1) is 17.0. The molecule has 5 atom stereocenters. The fraction of sp³-hybridized carbons (Fsp3) is 0.762. The Morgan fingerprint density at radius 3 is 2.19 bits per heavy atom. The number of hydrogen-bond donors (Lipinski definition) is 1. The molecular weight excluding hydrogens is 520 g/mol. The molecule has 15 nitrogen and oxygen atoms in total. The normalized spacial score (nSPS) is 24.8. The molecule has 2 heterocycles. The van der Waals surface area contributed by atoms with Gasteiger partial charge in [0.05, 0.1) is 27.6 Å². The van der Waals surface area contributed by atoms with Gasteiger partial charge in [-0.15, -0.1) is 0 Å². The molecule has 2 rings (SSSR count). The van der Waals surface area contributed by atoms with Crippen LogP contribution in [0.1, 0.15) is 40.0 Å². The third kappa shape index (κ3) is 6.60. The van der Waals surface area contributed by atoms with Crippen LogP contribution in [0.2, 0.25) is 0 Å².